The molecule has 0 radical (unpaired) electrons. The van der Waals surface area contributed by atoms with Crippen LogP contribution in [0.3, 0.4) is 0 Å². The maximum absolute atomic E-state index is 12.5. The fraction of sp³-hybridized carbons (Fsp3) is 0.500. The number of hydrogen-bond donors (Lipinski definition) is 2. The number of para-hydroxylation sites is 1. The van der Waals surface area contributed by atoms with E-state index in [0.29, 0.717) is 12.2 Å². The monoisotopic (exact) mass is 301 g/mol. The first-order valence-corrected chi connectivity index (χ1v) is 6.70. The highest BCUT2D eigenvalue weighted by atomic mass is 19.3. The third kappa shape index (κ3) is 5.85. The molecule has 1 rings (SSSR count). The molecule has 0 saturated carbocycles. The fourth-order valence-corrected chi connectivity index (χ4v) is 1.69. The molecule has 3 N–H and O–H groups in total. The van der Waals surface area contributed by atoms with Gasteiger partial charge in [0.25, 0.3) is 0 Å². The lowest BCUT2D eigenvalue weighted by molar-refractivity contribution is -0.0520. The second-order valence-electron chi connectivity index (χ2n) is 4.56. The standard InChI is InChI=1S/C14H21F2N3O2/c1-4-20-11-7-5-6-10(12(11)21-13(15)16)8-18-14(17)19-9(2)3/h5-7,9,13H,4,8H2,1-3H3,(H3,17,18,19). The third-order valence-corrected chi connectivity index (χ3v) is 2.42. The molecule has 0 heterocycles. The average Bonchev–Trinajstić information content (AvgIpc) is 2.38. The Kier molecular flexibility index (Phi) is 6.71. The molecule has 5 nitrogen and oxygen atoms in total. The number of hydrogen-bond acceptors (Lipinski definition) is 3. The predicted molar refractivity (Wildman–Crippen MR) is 77.8 cm³/mol. The second kappa shape index (κ2) is 8.28. The Morgan fingerprint density at radius 1 is 1.38 bits per heavy atom. The minimum Gasteiger partial charge on any atom is -0.490 e. The van der Waals surface area contributed by atoms with E-state index in [1.807, 2.05) is 13.8 Å². The van der Waals surface area contributed by atoms with Crippen molar-refractivity contribution < 1.29 is 18.3 Å². The molecule has 0 atom stereocenters. The van der Waals surface area contributed by atoms with Crippen molar-refractivity contribution in [1.82, 2.24) is 5.32 Å². The van der Waals surface area contributed by atoms with Crippen molar-refractivity contribution >= 4 is 5.96 Å². The van der Waals surface area contributed by atoms with Gasteiger partial charge in [-0.3, -0.25) is 0 Å². The van der Waals surface area contributed by atoms with Crippen molar-refractivity contribution in [2.45, 2.75) is 40.0 Å². The lowest BCUT2D eigenvalue weighted by Crippen LogP contribution is -2.36. The summed E-state index contributed by atoms with van der Waals surface area (Å²) in [6.45, 7) is 3.15. The van der Waals surface area contributed by atoms with Gasteiger partial charge in [-0.15, -0.1) is 0 Å². The van der Waals surface area contributed by atoms with Gasteiger partial charge in [0.15, 0.2) is 17.5 Å². The molecule has 0 unspecified atom stereocenters. The quantitative estimate of drug-likeness (QED) is 0.600. The van der Waals surface area contributed by atoms with E-state index < -0.39 is 6.61 Å². The molecule has 0 aliphatic rings. The molecule has 21 heavy (non-hydrogen) atoms. The van der Waals surface area contributed by atoms with Gasteiger partial charge in [-0.25, -0.2) is 4.99 Å². The van der Waals surface area contributed by atoms with E-state index in [1.165, 1.54) is 0 Å². The van der Waals surface area contributed by atoms with Gasteiger partial charge in [0.2, 0.25) is 0 Å². The highest BCUT2D eigenvalue weighted by Crippen LogP contribution is 2.33. The molecular formula is C14H21F2N3O2. The van der Waals surface area contributed by atoms with Crippen LogP contribution in [0.2, 0.25) is 0 Å². The normalized spacial score (nSPS) is 11.9. The Morgan fingerprint density at radius 3 is 2.67 bits per heavy atom. The fourth-order valence-electron chi connectivity index (χ4n) is 1.69. The zero-order valence-electron chi connectivity index (χ0n) is 12.4. The summed E-state index contributed by atoms with van der Waals surface area (Å²) >= 11 is 0. The maximum Gasteiger partial charge on any atom is 0.387 e. The van der Waals surface area contributed by atoms with Gasteiger partial charge in [0.05, 0.1) is 13.2 Å². The lowest BCUT2D eigenvalue weighted by Gasteiger charge is -2.15. The van der Waals surface area contributed by atoms with E-state index in [9.17, 15) is 8.78 Å². The summed E-state index contributed by atoms with van der Waals surface area (Å²) in [5.74, 6) is 0.506. The molecule has 0 aromatic heterocycles. The molecule has 7 heteroatoms. The first-order chi connectivity index (χ1) is 9.93. The van der Waals surface area contributed by atoms with Crippen molar-refractivity contribution in [2.75, 3.05) is 6.61 Å². The zero-order chi connectivity index (χ0) is 15.8. The molecule has 0 saturated heterocycles. The molecule has 0 aliphatic heterocycles. The van der Waals surface area contributed by atoms with Gasteiger partial charge in [-0.05, 0) is 26.8 Å². The number of rotatable bonds is 7. The zero-order valence-corrected chi connectivity index (χ0v) is 12.4. The summed E-state index contributed by atoms with van der Waals surface area (Å²) in [5.41, 5.74) is 6.17. The smallest absolute Gasteiger partial charge is 0.387 e. The molecule has 1 aromatic rings. The topological polar surface area (TPSA) is 68.9 Å². The van der Waals surface area contributed by atoms with Crippen LogP contribution in [-0.4, -0.2) is 25.2 Å². The number of alkyl halides is 2. The van der Waals surface area contributed by atoms with Gasteiger partial charge in [0, 0.05) is 11.6 Å². The summed E-state index contributed by atoms with van der Waals surface area (Å²) in [6, 6.07) is 5.05. The van der Waals surface area contributed by atoms with Crippen molar-refractivity contribution in [3.05, 3.63) is 23.8 Å². The number of nitrogens with zero attached hydrogens (tertiary/aromatic N) is 1. The second-order valence-corrected chi connectivity index (χ2v) is 4.56. The number of guanidine groups is 1. The number of nitrogens with one attached hydrogen (secondary N) is 1. The lowest BCUT2D eigenvalue weighted by atomic mass is 10.2. The predicted octanol–water partition coefficient (Wildman–Crippen LogP) is 2.50. The number of ether oxygens (including phenoxy) is 2. The Bertz CT molecular complexity index is 479. The third-order valence-electron chi connectivity index (χ3n) is 2.42. The number of benzene rings is 1. The minimum atomic E-state index is -2.93. The van der Waals surface area contributed by atoms with Crippen LogP contribution in [0.15, 0.2) is 23.2 Å². The van der Waals surface area contributed by atoms with Crippen molar-refractivity contribution in [3.8, 4) is 11.5 Å². The van der Waals surface area contributed by atoms with Crippen LogP contribution in [0.5, 0.6) is 11.5 Å². The SMILES string of the molecule is CCOc1cccc(CN=C(N)NC(C)C)c1OC(F)F. The molecule has 1 aromatic carbocycles. The average molecular weight is 301 g/mol. The number of nitrogens with two attached hydrogens (primary N) is 1. The molecule has 0 amide bonds. The van der Waals surface area contributed by atoms with Crippen LogP contribution in [0.25, 0.3) is 0 Å². The summed E-state index contributed by atoms with van der Waals surface area (Å²) in [4.78, 5) is 4.11. The largest absolute Gasteiger partial charge is 0.490 e. The van der Waals surface area contributed by atoms with Crippen LogP contribution in [0.4, 0.5) is 8.78 Å². The Labute approximate surface area is 123 Å². The van der Waals surface area contributed by atoms with E-state index in [2.05, 4.69) is 15.0 Å². The highest BCUT2D eigenvalue weighted by molar-refractivity contribution is 5.78. The Balaban J connectivity index is 2.96. The van der Waals surface area contributed by atoms with Gasteiger partial charge >= 0.3 is 6.61 Å². The Morgan fingerprint density at radius 2 is 2.10 bits per heavy atom. The van der Waals surface area contributed by atoms with Crippen molar-refractivity contribution in [3.63, 3.8) is 0 Å². The first kappa shape index (κ1) is 17.0. The van der Waals surface area contributed by atoms with Gasteiger partial charge in [0.1, 0.15) is 0 Å². The van der Waals surface area contributed by atoms with Crippen LogP contribution >= 0.6 is 0 Å². The highest BCUT2D eigenvalue weighted by Gasteiger charge is 2.15. The van der Waals surface area contributed by atoms with Crippen LogP contribution in [-0.2, 0) is 6.54 Å². The van der Waals surface area contributed by atoms with Gasteiger partial charge in [-0.1, -0.05) is 12.1 Å². The summed E-state index contributed by atoms with van der Waals surface area (Å²) < 4.78 is 34.9. The number of halogens is 2. The Hall–Kier alpha value is -2.05. The van der Waals surface area contributed by atoms with Gasteiger partial charge in [-0.2, -0.15) is 8.78 Å². The molecule has 0 fully saturated rings. The van der Waals surface area contributed by atoms with E-state index in [4.69, 9.17) is 10.5 Å². The van der Waals surface area contributed by atoms with E-state index >= 15 is 0 Å². The number of aliphatic imine (C=N–C) groups is 1. The molecule has 0 aliphatic carbocycles. The first-order valence-electron chi connectivity index (χ1n) is 6.70. The summed E-state index contributed by atoms with van der Waals surface area (Å²) in [5, 5.41) is 2.92. The van der Waals surface area contributed by atoms with E-state index in [1.54, 1.807) is 25.1 Å². The maximum atomic E-state index is 12.5. The van der Waals surface area contributed by atoms with Crippen molar-refractivity contribution in [1.29, 1.82) is 0 Å². The minimum absolute atomic E-state index is 0.00422. The van der Waals surface area contributed by atoms with Crippen LogP contribution in [0.1, 0.15) is 26.3 Å². The van der Waals surface area contributed by atoms with Crippen LogP contribution < -0.4 is 20.5 Å². The van der Waals surface area contributed by atoms with Crippen LogP contribution in [0, 0.1) is 0 Å². The van der Waals surface area contributed by atoms with E-state index in [-0.39, 0.29) is 30.0 Å². The van der Waals surface area contributed by atoms with Gasteiger partial charge < -0.3 is 20.5 Å². The molecular weight excluding hydrogens is 280 g/mol. The molecule has 0 spiro atoms. The van der Waals surface area contributed by atoms with E-state index in [0.717, 1.165) is 0 Å². The molecule has 118 valence electrons. The van der Waals surface area contributed by atoms with Crippen molar-refractivity contribution in [2.24, 2.45) is 10.7 Å². The summed E-state index contributed by atoms with van der Waals surface area (Å²) in [7, 11) is 0. The summed E-state index contributed by atoms with van der Waals surface area (Å²) in [6.07, 6.45) is 0. The molecule has 0 bridgehead atoms.